The van der Waals surface area contributed by atoms with Crippen LogP contribution in [0.5, 0.6) is 0 Å². The van der Waals surface area contributed by atoms with Gasteiger partial charge in [-0.05, 0) is 36.7 Å². The van der Waals surface area contributed by atoms with E-state index in [0.29, 0.717) is 12.3 Å². The van der Waals surface area contributed by atoms with Crippen molar-refractivity contribution in [3.63, 3.8) is 0 Å². The van der Waals surface area contributed by atoms with E-state index in [9.17, 15) is 79.0 Å². The SMILES string of the molecule is Cc1ccccc1.Cc1ccccc1.Fc1c(F)c(F)c([B-](N=[C-]CC#[N+][B-](c2c(F)c(F)c(F)c(F)c2F)(c2c(F)c(F)c(F)c(F)c2F)c2c(F)c(F)c(F)c(F)c2F)(c2c(F)c(F)c(F)c(F)c2F)c2c(F)c(F)c(F)c(F)c2F)c(F)c1F.[V+4].c1cc[cH-]c1.c1cc[cH-]c1. The minimum atomic E-state index is -7.03. The Morgan fingerprint density at radius 2 is 0.469 bits per heavy atom. The molecule has 0 saturated heterocycles. The summed E-state index contributed by atoms with van der Waals surface area (Å²) in [6, 6.07) is 41.2. The Hall–Kier alpha value is -9.77. The Labute approximate surface area is 543 Å². The van der Waals surface area contributed by atoms with Crippen molar-refractivity contribution >= 4 is 51.6 Å². The quantitative estimate of drug-likeness (QED) is 0.0360. The third kappa shape index (κ3) is 14.7. The molecule has 0 atom stereocenters. The van der Waals surface area contributed by atoms with E-state index in [1.165, 1.54) is 11.1 Å². The Bertz CT molecular complexity index is 4050. The van der Waals surface area contributed by atoms with Crippen molar-refractivity contribution in [2.24, 2.45) is 4.90 Å². The van der Waals surface area contributed by atoms with Gasteiger partial charge >= 0.3 is 24.8 Å². The van der Waals surface area contributed by atoms with Crippen LogP contribution < -0.4 is 32.8 Å². The van der Waals surface area contributed by atoms with E-state index in [1.54, 1.807) is 0 Å². The van der Waals surface area contributed by atoms with Crippen LogP contribution in [0.1, 0.15) is 17.5 Å². The maximum absolute atomic E-state index is 15.8. The first-order chi connectivity index (χ1) is 45.5. The van der Waals surface area contributed by atoms with Crippen molar-refractivity contribution in [2.75, 3.05) is 0 Å². The zero-order valence-corrected chi connectivity index (χ0v) is 49.5. The first kappa shape index (κ1) is 78.9. The van der Waals surface area contributed by atoms with Crippen LogP contribution in [0, 0.1) is 194 Å². The second-order valence-corrected chi connectivity index (χ2v) is 19.5. The van der Waals surface area contributed by atoms with Gasteiger partial charge in [0.05, 0.1) is 0 Å². The summed E-state index contributed by atoms with van der Waals surface area (Å²) < 4.78 is 457. The Morgan fingerprint density at radius 1 is 0.286 bits per heavy atom. The molecule has 0 unspecified atom stereocenters. The number of rotatable bonds is 8. The van der Waals surface area contributed by atoms with Gasteiger partial charge in [-0.3, -0.25) is 0 Å². The maximum Gasteiger partial charge on any atom is 4.00 e. The molecule has 0 heterocycles. The molecular weight excluding hydrogens is 1430 g/mol. The molecule has 10 aromatic rings. The van der Waals surface area contributed by atoms with E-state index in [4.69, 9.17) is 0 Å². The zero-order chi connectivity index (χ0) is 72.6. The molecule has 98 heavy (non-hydrogen) atoms. The van der Waals surface area contributed by atoms with E-state index in [1.807, 2.05) is 97.1 Å². The molecule has 0 spiro atoms. The molecule has 0 N–H and O–H groups in total. The number of halogens is 30. The molecule has 10 aromatic carbocycles. The minimum Gasteiger partial charge on any atom is -0.699 e. The van der Waals surface area contributed by atoms with Gasteiger partial charge in [-0.1, -0.05) is 71.8 Å². The van der Waals surface area contributed by atoms with Crippen molar-refractivity contribution in [3.8, 4) is 6.07 Å². The zero-order valence-electron chi connectivity index (χ0n) is 48.1. The molecule has 511 valence electrons. The Kier molecular flexibility index (Phi) is 26.2. The molecule has 10 rings (SSSR count). The summed E-state index contributed by atoms with van der Waals surface area (Å²) in [6.07, 6.45) is -16.1. The molecule has 0 aliphatic carbocycles. The van der Waals surface area contributed by atoms with Crippen molar-refractivity contribution in [1.29, 1.82) is 0 Å². The predicted molar refractivity (Wildman–Crippen MR) is 292 cm³/mol. The van der Waals surface area contributed by atoms with Crippen LogP contribution in [0.3, 0.4) is 0 Å². The van der Waals surface area contributed by atoms with Crippen LogP contribution in [0.15, 0.2) is 126 Å². The largest absolute Gasteiger partial charge is 4.00 e. The summed E-state index contributed by atoms with van der Waals surface area (Å²) in [5, 5.41) is 0. The average Bonchev–Trinajstić information content (AvgIpc) is 0.908. The standard InChI is InChI=1S/C39H2B2F30N2.2C7H8.2C5H5.V/c42-10-4(11(43)23(55)34(66)22(10)54)40(5-12(44)24(56)35(67)25(57)13(5)45,6-14(46)26(58)36(68)27(59)15(6)47)72-2-1-3-73-41(7-16(48)28(60)37(69)29(61)17(7)49,8-18(50)30(62)38(70)31(63)19(8)51)9-20(52)32(64)39(71)33(65)21(9)53;2*1-7-5-3-2-4-6-7;2*1-2-4-5-3-1;/h1H2;2*2-6H,1H3;2*1-5H;/q-2;;;2*-1;+4. The fraction of sp³-hybridized carbons (Fsp3) is 0.0476. The van der Waals surface area contributed by atoms with Gasteiger partial charge in [0.2, 0.25) is 0 Å². The van der Waals surface area contributed by atoms with Crippen LogP contribution in [-0.4, -0.2) is 18.8 Å². The average molecular weight is 1460 g/mol. The van der Waals surface area contributed by atoms with Gasteiger partial charge in [-0.25, -0.2) is 156 Å². The van der Waals surface area contributed by atoms with Crippen LogP contribution in [0.25, 0.3) is 4.76 Å². The first-order valence-corrected chi connectivity index (χ1v) is 26.2. The molecule has 35 heteroatoms. The molecule has 1 radical (unpaired) electrons. The van der Waals surface area contributed by atoms with Gasteiger partial charge in [0.15, 0.2) is 117 Å². The summed E-state index contributed by atoms with van der Waals surface area (Å²) in [7, 11) is 0. The first-order valence-electron chi connectivity index (χ1n) is 26.2. The van der Waals surface area contributed by atoms with Gasteiger partial charge in [-0.15, -0.1) is 16.4 Å². The van der Waals surface area contributed by atoms with Crippen LogP contribution in [-0.2, 0) is 18.6 Å². The van der Waals surface area contributed by atoms with Crippen LogP contribution in [0.2, 0.25) is 0 Å². The number of hydrogen-bond donors (Lipinski definition) is 0. The molecule has 0 aliphatic heterocycles. The minimum absolute atomic E-state index is 0. The van der Waals surface area contributed by atoms with E-state index in [2.05, 4.69) is 47.8 Å². The molecule has 0 fully saturated rings. The number of nitrogens with zero attached hydrogens (tertiary/aromatic N) is 2. The number of benzene rings is 8. The van der Waals surface area contributed by atoms with E-state index < -0.39 is 226 Å². The van der Waals surface area contributed by atoms with E-state index in [-0.39, 0.29) is 18.6 Å². The van der Waals surface area contributed by atoms with E-state index >= 15 is 52.7 Å². The maximum atomic E-state index is 15.8. The summed E-state index contributed by atoms with van der Waals surface area (Å²) in [4.78, 5) is 2.47. The van der Waals surface area contributed by atoms with Gasteiger partial charge in [0.1, 0.15) is 69.8 Å². The molecule has 0 saturated carbocycles. The number of aryl methyl sites for hydroxylation is 2. The van der Waals surface area contributed by atoms with Gasteiger partial charge in [-0.2, -0.15) is 36.4 Å². The topological polar surface area (TPSA) is 16.7 Å². The second kappa shape index (κ2) is 32.5. The van der Waals surface area contributed by atoms with Gasteiger partial charge < -0.3 is 15.9 Å². The smallest absolute Gasteiger partial charge is 0.699 e. The Balaban J connectivity index is 0.000000575. The van der Waals surface area contributed by atoms with Crippen molar-refractivity contribution in [2.45, 2.75) is 20.3 Å². The molecule has 0 aromatic heterocycles. The van der Waals surface area contributed by atoms with Crippen molar-refractivity contribution < 1.29 is 150 Å². The molecule has 0 aliphatic rings. The Morgan fingerprint density at radius 3 is 0.633 bits per heavy atom. The molecule has 0 bridgehead atoms. The van der Waals surface area contributed by atoms with Gasteiger partial charge in [0.25, 0.3) is 0 Å². The van der Waals surface area contributed by atoms with Gasteiger partial charge in [0, 0.05) is 0 Å². The summed E-state index contributed by atoms with van der Waals surface area (Å²) >= 11 is 0. The fourth-order valence-corrected chi connectivity index (χ4v) is 9.30. The monoisotopic (exact) mass is 1460 g/mol. The normalized spacial score (nSPS) is 11.1. The summed E-state index contributed by atoms with van der Waals surface area (Å²) in [5.41, 5.74) is -18.5. The van der Waals surface area contributed by atoms with E-state index in [0.717, 1.165) is 0 Å². The second-order valence-electron chi connectivity index (χ2n) is 19.5. The fourth-order valence-electron chi connectivity index (χ4n) is 9.30. The van der Waals surface area contributed by atoms with Crippen molar-refractivity contribution in [3.05, 3.63) is 312 Å². The number of hydrogen-bond acceptors (Lipinski definition) is 1. The molecular formula is C63H28B2F30N2V. The third-order valence-electron chi connectivity index (χ3n) is 13.7. The third-order valence-corrected chi connectivity index (χ3v) is 13.7. The van der Waals surface area contributed by atoms with Crippen LogP contribution >= 0.6 is 0 Å². The predicted octanol–water partition coefficient (Wildman–Crippen LogP) is 16.0. The summed E-state index contributed by atoms with van der Waals surface area (Å²) in [5.74, 6) is -109. The molecule has 2 nitrogen and oxygen atoms in total. The van der Waals surface area contributed by atoms with Crippen molar-refractivity contribution in [1.82, 2.24) is 0 Å². The molecule has 0 amide bonds. The van der Waals surface area contributed by atoms with Crippen LogP contribution in [0.4, 0.5) is 132 Å². The summed E-state index contributed by atoms with van der Waals surface area (Å²) in [6.45, 7) is 4.17.